The molecule has 2 rings (SSSR count). The Kier molecular flexibility index (Phi) is 2.63. The van der Waals surface area contributed by atoms with E-state index in [9.17, 15) is 0 Å². The van der Waals surface area contributed by atoms with Crippen LogP contribution in [0.4, 0.5) is 0 Å². The maximum atomic E-state index is 6.08. The zero-order chi connectivity index (χ0) is 12.0. The molecule has 0 aliphatic carbocycles. The molecule has 1 atom stereocenters. The summed E-state index contributed by atoms with van der Waals surface area (Å²) in [6.45, 7) is 10.6. The fourth-order valence-corrected chi connectivity index (χ4v) is 2.13. The Bertz CT molecular complexity index is 364. The van der Waals surface area contributed by atoms with Gasteiger partial charge in [0.2, 0.25) is 0 Å². The van der Waals surface area contributed by atoms with Crippen LogP contribution < -0.4 is 5.59 Å². The summed E-state index contributed by atoms with van der Waals surface area (Å²) < 4.78 is 12.1. The second-order valence-electron chi connectivity index (χ2n) is 5.35. The largest absolute Gasteiger partial charge is 0.513 e. The van der Waals surface area contributed by atoms with Gasteiger partial charge in [-0.2, -0.15) is 5.10 Å². The van der Waals surface area contributed by atoms with Gasteiger partial charge in [-0.15, -0.1) is 0 Å². The number of aromatic nitrogens is 2. The molecule has 0 bridgehead atoms. The topological polar surface area (TPSA) is 47.1 Å². The predicted molar refractivity (Wildman–Crippen MR) is 63.5 cm³/mol. The molecular weight excluding hydrogens is 203 g/mol. The fourth-order valence-electron chi connectivity index (χ4n) is 2.13. The molecule has 1 saturated heterocycles. The second-order valence-corrected chi connectivity index (χ2v) is 5.35. The van der Waals surface area contributed by atoms with E-state index >= 15 is 0 Å². The third-order valence-electron chi connectivity index (χ3n) is 3.83. The number of rotatable bonds is 2. The molecule has 1 aliphatic rings. The Hall–Kier alpha value is -0.805. The molecule has 4 nitrogen and oxygen atoms in total. The van der Waals surface area contributed by atoms with E-state index in [4.69, 9.17) is 9.31 Å². The zero-order valence-corrected chi connectivity index (χ0v) is 10.6. The van der Waals surface area contributed by atoms with Crippen molar-refractivity contribution in [2.45, 2.75) is 45.8 Å². The molecule has 1 aromatic heterocycles. The van der Waals surface area contributed by atoms with Gasteiger partial charge >= 0.3 is 7.12 Å². The first kappa shape index (κ1) is 11.7. The summed E-state index contributed by atoms with van der Waals surface area (Å²) in [5.41, 5.74) is 0.275. The summed E-state index contributed by atoms with van der Waals surface area (Å²) in [4.78, 5) is 0. The molecule has 1 fully saturated rings. The van der Waals surface area contributed by atoms with E-state index in [1.54, 1.807) is 6.20 Å². The Morgan fingerprint density at radius 1 is 1.31 bits per heavy atom. The van der Waals surface area contributed by atoms with Crippen LogP contribution in [0, 0.1) is 5.92 Å². The highest BCUT2D eigenvalue weighted by Gasteiger charge is 2.56. The number of nitrogens with one attached hydrogen (secondary N) is 1. The van der Waals surface area contributed by atoms with Crippen LogP contribution in [0.15, 0.2) is 12.3 Å². The Balaban J connectivity index is 2.27. The van der Waals surface area contributed by atoms with Crippen molar-refractivity contribution in [2.75, 3.05) is 0 Å². The van der Waals surface area contributed by atoms with Crippen LogP contribution in [0.5, 0.6) is 0 Å². The maximum absolute atomic E-state index is 6.08. The minimum Gasteiger partial charge on any atom is -0.398 e. The van der Waals surface area contributed by atoms with Crippen molar-refractivity contribution < 1.29 is 9.31 Å². The monoisotopic (exact) mass is 222 g/mol. The first-order chi connectivity index (χ1) is 7.37. The van der Waals surface area contributed by atoms with Crippen LogP contribution in [-0.2, 0) is 9.31 Å². The third-order valence-corrected chi connectivity index (χ3v) is 3.83. The van der Waals surface area contributed by atoms with Gasteiger partial charge in [-0.25, -0.2) is 0 Å². The molecule has 0 spiro atoms. The average molecular weight is 222 g/mol. The predicted octanol–water partition coefficient (Wildman–Crippen LogP) is 1.34. The molecule has 0 saturated carbocycles. The molecule has 1 aliphatic heterocycles. The Morgan fingerprint density at radius 2 is 2.00 bits per heavy atom. The van der Waals surface area contributed by atoms with Crippen LogP contribution in [0.25, 0.3) is 0 Å². The van der Waals surface area contributed by atoms with Crippen molar-refractivity contribution in [1.29, 1.82) is 0 Å². The number of H-pyrrole nitrogens is 1. The number of nitrogens with zero attached hydrogens (tertiary/aromatic N) is 1. The second kappa shape index (κ2) is 3.60. The van der Waals surface area contributed by atoms with Gasteiger partial charge in [0.25, 0.3) is 0 Å². The van der Waals surface area contributed by atoms with Crippen LogP contribution in [0.1, 0.15) is 34.6 Å². The highest BCUT2D eigenvalue weighted by atomic mass is 16.7. The van der Waals surface area contributed by atoms with E-state index in [0.29, 0.717) is 5.92 Å². The molecule has 5 heteroatoms. The summed E-state index contributed by atoms with van der Waals surface area (Å²) in [7, 11) is -0.343. The standard InChI is InChI=1S/C11H19BN2O2/c1-8(2)11(5)10(3,4)15-12(16-11)9-6-7-13-14-9/h6-8H,1-5H3,(H,13,14). The highest BCUT2D eigenvalue weighted by molar-refractivity contribution is 6.61. The van der Waals surface area contributed by atoms with E-state index in [1.165, 1.54) is 0 Å². The van der Waals surface area contributed by atoms with Gasteiger partial charge in [0.1, 0.15) is 0 Å². The lowest BCUT2D eigenvalue weighted by Crippen LogP contribution is -2.48. The van der Waals surface area contributed by atoms with Gasteiger partial charge in [0.15, 0.2) is 0 Å². The number of aromatic amines is 1. The first-order valence-corrected chi connectivity index (χ1v) is 5.72. The molecule has 1 unspecified atom stereocenters. The maximum Gasteiger partial charge on any atom is 0.513 e. The Labute approximate surface area is 96.9 Å². The van der Waals surface area contributed by atoms with Crippen LogP contribution in [0.2, 0.25) is 0 Å². The van der Waals surface area contributed by atoms with Crippen LogP contribution in [0.3, 0.4) is 0 Å². The van der Waals surface area contributed by atoms with E-state index in [1.807, 2.05) is 6.07 Å². The van der Waals surface area contributed by atoms with Gasteiger partial charge in [-0.1, -0.05) is 13.8 Å². The summed E-state index contributed by atoms with van der Waals surface area (Å²) >= 11 is 0. The van der Waals surface area contributed by atoms with Crippen molar-refractivity contribution in [1.82, 2.24) is 10.2 Å². The number of hydrogen-bond donors (Lipinski definition) is 1. The molecule has 2 heterocycles. The van der Waals surface area contributed by atoms with Gasteiger partial charge in [-0.05, 0) is 32.8 Å². The van der Waals surface area contributed by atoms with Crippen molar-refractivity contribution in [3.63, 3.8) is 0 Å². The van der Waals surface area contributed by atoms with Gasteiger partial charge in [0.05, 0.1) is 16.8 Å². The molecular formula is C11H19BN2O2. The minimum atomic E-state index is -0.343. The van der Waals surface area contributed by atoms with Gasteiger partial charge in [0, 0.05) is 6.20 Å². The van der Waals surface area contributed by atoms with E-state index in [0.717, 1.165) is 5.59 Å². The number of hydrogen-bond acceptors (Lipinski definition) is 3. The minimum absolute atomic E-state index is 0.289. The average Bonchev–Trinajstić information content (AvgIpc) is 2.74. The molecule has 1 N–H and O–H groups in total. The molecule has 0 aromatic carbocycles. The molecule has 0 amide bonds. The van der Waals surface area contributed by atoms with Crippen molar-refractivity contribution in [3.05, 3.63) is 12.3 Å². The van der Waals surface area contributed by atoms with Crippen molar-refractivity contribution in [2.24, 2.45) is 5.92 Å². The smallest absolute Gasteiger partial charge is 0.398 e. The normalized spacial score (nSPS) is 29.0. The quantitative estimate of drug-likeness (QED) is 0.768. The summed E-state index contributed by atoms with van der Waals surface area (Å²) in [5, 5.41) is 6.82. The van der Waals surface area contributed by atoms with Crippen LogP contribution >= 0.6 is 0 Å². The molecule has 0 radical (unpaired) electrons. The first-order valence-electron chi connectivity index (χ1n) is 5.72. The van der Waals surface area contributed by atoms with E-state index < -0.39 is 0 Å². The summed E-state index contributed by atoms with van der Waals surface area (Å²) in [5.74, 6) is 0.385. The van der Waals surface area contributed by atoms with Crippen LogP contribution in [-0.4, -0.2) is 28.5 Å². The summed E-state index contributed by atoms with van der Waals surface area (Å²) in [6, 6.07) is 1.88. The lowest BCUT2D eigenvalue weighted by atomic mass is 9.79. The third kappa shape index (κ3) is 1.58. The lowest BCUT2D eigenvalue weighted by molar-refractivity contribution is -0.0435. The lowest BCUT2D eigenvalue weighted by Gasteiger charge is -2.39. The molecule has 16 heavy (non-hydrogen) atoms. The Morgan fingerprint density at radius 3 is 2.44 bits per heavy atom. The van der Waals surface area contributed by atoms with Gasteiger partial charge in [-0.3, -0.25) is 5.10 Å². The molecule has 1 aromatic rings. The fraction of sp³-hybridized carbons (Fsp3) is 0.727. The van der Waals surface area contributed by atoms with E-state index in [2.05, 4.69) is 44.8 Å². The zero-order valence-electron chi connectivity index (χ0n) is 10.6. The van der Waals surface area contributed by atoms with Gasteiger partial charge < -0.3 is 9.31 Å². The SMILES string of the molecule is CC(C)C1(C)OB(c2ccn[nH]2)OC1(C)C. The summed E-state index contributed by atoms with van der Waals surface area (Å²) in [6.07, 6.45) is 1.71. The highest BCUT2D eigenvalue weighted by Crippen LogP contribution is 2.41. The molecule has 88 valence electrons. The van der Waals surface area contributed by atoms with Crippen molar-refractivity contribution >= 4 is 12.7 Å². The van der Waals surface area contributed by atoms with Crippen molar-refractivity contribution in [3.8, 4) is 0 Å². The van der Waals surface area contributed by atoms with E-state index in [-0.39, 0.29) is 18.3 Å².